The molecule has 102 valence electrons. The molecule has 0 unspecified atom stereocenters. The first-order valence-electron chi connectivity index (χ1n) is 6.41. The fourth-order valence-electron chi connectivity index (χ4n) is 2.54. The van der Waals surface area contributed by atoms with Crippen LogP contribution in [0.15, 0.2) is 0 Å². The molecule has 6 heteroatoms. The predicted octanol–water partition coefficient (Wildman–Crippen LogP) is 0.318. The van der Waals surface area contributed by atoms with Crippen LogP contribution < -0.4 is 5.73 Å². The molecule has 0 aliphatic carbocycles. The van der Waals surface area contributed by atoms with E-state index < -0.39 is 5.41 Å². The maximum Gasteiger partial charge on any atom is 0.235 e. The molecule has 0 atom stereocenters. The van der Waals surface area contributed by atoms with Gasteiger partial charge in [0.25, 0.3) is 0 Å². The standard InChI is InChI=1S/C12H20N2O3S/c13-10(18)12(2-7-17-8-3-12)11(15)14-4-1-6-16-9-5-14/h1-9H2,(H2,13,18). The van der Waals surface area contributed by atoms with Crippen molar-refractivity contribution in [1.29, 1.82) is 0 Å². The summed E-state index contributed by atoms with van der Waals surface area (Å²) in [5, 5.41) is 0. The number of hydrogen-bond donors (Lipinski definition) is 1. The molecule has 0 radical (unpaired) electrons. The second kappa shape index (κ2) is 5.95. The van der Waals surface area contributed by atoms with Crippen LogP contribution >= 0.6 is 12.2 Å². The van der Waals surface area contributed by atoms with Crippen molar-refractivity contribution >= 4 is 23.1 Å². The van der Waals surface area contributed by atoms with Gasteiger partial charge in [0.15, 0.2) is 0 Å². The van der Waals surface area contributed by atoms with Gasteiger partial charge in [-0.05, 0) is 19.3 Å². The zero-order valence-electron chi connectivity index (χ0n) is 10.5. The average Bonchev–Trinajstić information content (AvgIpc) is 2.67. The molecule has 2 fully saturated rings. The van der Waals surface area contributed by atoms with Crippen molar-refractivity contribution in [3.05, 3.63) is 0 Å². The number of carbonyl (C=O) groups excluding carboxylic acids is 1. The minimum Gasteiger partial charge on any atom is -0.392 e. The summed E-state index contributed by atoms with van der Waals surface area (Å²) in [7, 11) is 0. The lowest BCUT2D eigenvalue weighted by atomic mass is 9.78. The van der Waals surface area contributed by atoms with Gasteiger partial charge in [0.1, 0.15) is 5.41 Å². The highest BCUT2D eigenvalue weighted by Gasteiger charge is 2.45. The van der Waals surface area contributed by atoms with Gasteiger partial charge in [0.2, 0.25) is 5.91 Å². The number of carbonyl (C=O) groups is 1. The van der Waals surface area contributed by atoms with Gasteiger partial charge in [-0.25, -0.2) is 0 Å². The fraction of sp³-hybridized carbons (Fsp3) is 0.833. The topological polar surface area (TPSA) is 64.8 Å². The van der Waals surface area contributed by atoms with Gasteiger partial charge in [-0.15, -0.1) is 0 Å². The van der Waals surface area contributed by atoms with E-state index >= 15 is 0 Å². The van der Waals surface area contributed by atoms with E-state index in [-0.39, 0.29) is 5.91 Å². The Labute approximate surface area is 113 Å². The smallest absolute Gasteiger partial charge is 0.235 e. The van der Waals surface area contributed by atoms with Gasteiger partial charge in [-0.2, -0.15) is 0 Å². The Morgan fingerprint density at radius 1 is 1.11 bits per heavy atom. The van der Waals surface area contributed by atoms with E-state index in [4.69, 9.17) is 27.4 Å². The van der Waals surface area contributed by atoms with E-state index in [0.717, 1.165) is 13.0 Å². The Hall–Kier alpha value is -0.720. The summed E-state index contributed by atoms with van der Waals surface area (Å²) in [6.07, 6.45) is 2.06. The molecule has 2 N–H and O–H groups in total. The number of nitrogens with two attached hydrogens (primary N) is 1. The predicted molar refractivity (Wildman–Crippen MR) is 71.3 cm³/mol. The van der Waals surface area contributed by atoms with Crippen LogP contribution in [0.25, 0.3) is 0 Å². The number of amides is 1. The van der Waals surface area contributed by atoms with Crippen LogP contribution in [0.4, 0.5) is 0 Å². The molecule has 0 aromatic carbocycles. The molecule has 0 bridgehead atoms. The van der Waals surface area contributed by atoms with Crippen LogP contribution in [0.5, 0.6) is 0 Å². The fourth-order valence-corrected chi connectivity index (χ4v) is 2.83. The number of rotatable bonds is 2. The first-order valence-corrected chi connectivity index (χ1v) is 6.82. The van der Waals surface area contributed by atoms with Crippen molar-refractivity contribution < 1.29 is 14.3 Å². The van der Waals surface area contributed by atoms with Crippen molar-refractivity contribution in [1.82, 2.24) is 4.90 Å². The lowest BCUT2D eigenvalue weighted by molar-refractivity contribution is -0.142. The van der Waals surface area contributed by atoms with Gasteiger partial charge in [0, 0.05) is 32.9 Å². The van der Waals surface area contributed by atoms with Gasteiger partial charge in [-0.3, -0.25) is 4.79 Å². The zero-order chi connectivity index (χ0) is 13.0. The molecular weight excluding hydrogens is 252 g/mol. The maximum atomic E-state index is 12.7. The molecule has 5 nitrogen and oxygen atoms in total. The lowest BCUT2D eigenvalue weighted by Gasteiger charge is -2.38. The van der Waals surface area contributed by atoms with Gasteiger partial charge >= 0.3 is 0 Å². The SMILES string of the molecule is NC(=S)C1(C(=O)N2CCCOCC2)CCOCC1. The molecule has 18 heavy (non-hydrogen) atoms. The number of hydrogen-bond acceptors (Lipinski definition) is 4. The van der Waals surface area contributed by atoms with Gasteiger partial charge < -0.3 is 20.1 Å². The molecule has 0 aromatic heterocycles. The summed E-state index contributed by atoms with van der Waals surface area (Å²) in [6, 6.07) is 0. The van der Waals surface area contributed by atoms with Gasteiger partial charge in [-0.1, -0.05) is 12.2 Å². The quantitative estimate of drug-likeness (QED) is 0.733. The van der Waals surface area contributed by atoms with Crippen LogP contribution in [0.3, 0.4) is 0 Å². The molecular formula is C12H20N2O3S. The second-order valence-corrected chi connectivity index (χ2v) is 5.26. The van der Waals surface area contributed by atoms with E-state index in [2.05, 4.69) is 0 Å². The second-order valence-electron chi connectivity index (χ2n) is 4.82. The highest BCUT2D eigenvalue weighted by atomic mass is 32.1. The summed E-state index contributed by atoms with van der Waals surface area (Å²) in [6.45, 7) is 3.76. The van der Waals surface area contributed by atoms with E-state index in [0.29, 0.717) is 50.8 Å². The molecule has 2 rings (SSSR count). The van der Waals surface area contributed by atoms with Crippen LogP contribution in [-0.2, 0) is 14.3 Å². The minimum atomic E-state index is -0.697. The van der Waals surface area contributed by atoms with Crippen molar-refractivity contribution in [2.45, 2.75) is 19.3 Å². The van der Waals surface area contributed by atoms with Crippen LogP contribution in [0.1, 0.15) is 19.3 Å². The van der Waals surface area contributed by atoms with Crippen molar-refractivity contribution in [3.63, 3.8) is 0 Å². The largest absolute Gasteiger partial charge is 0.392 e. The molecule has 2 saturated heterocycles. The number of ether oxygens (including phenoxy) is 2. The Balaban J connectivity index is 2.14. The molecule has 2 aliphatic rings. The van der Waals surface area contributed by atoms with Crippen LogP contribution in [0, 0.1) is 5.41 Å². The first kappa shape index (κ1) is 13.7. The monoisotopic (exact) mass is 272 g/mol. The highest BCUT2D eigenvalue weighted by Crippen LogP contribution is 2.33. The molecule has 0 aromatic rings. The van der Waals surface area contributed by atoms with Crippen LogP contribution in [-0.4, -0.2) is 55.3 Å². The third-order valence-electron chi connectivity index (χ3n) is 3.74. The van der Waals surface area contributed by atoms with Crippen molar-refractivity contribution in [2.24, 2.45) is 11.1 Å². The van der Waals surface area contributed by atoms with E-state index in [1.807, 2.05) is 4.90 Å². The molecule has 2 aliphatic heterocycles. The van der Waals surface area contributed by atoms with E-state index in [1.165, 1.54) is 0 Å². The first-order chi connectivity index (χ1) is 8.67. The summed E-state index contributed by atoms with van der Waals surface area (Å²) >= 11 is 5.15. The summed E-state index contributed by atoms with van der Waals surface area (Å²) in [5.41, 5.74) is 5.15. The third-order valence-corrected chi connectivity index (χ3v) is 4.13. The number of thiocarbonyl (C=S) groups is 1. The summed E-state index contributed by atoms with van der Waals surface area (Å²) in [5.74, 6) is 0.0591. The zero-order valence-corrected chi connectivity index (χ0v) is 11.3. The average molecular weight is 272 g/mol. The Bertz CT molecular complexity index is 321. The lowest BCUT2D eigenvalue weighted by Crippen LogP contribution is -2.53. The Morgan fingerprint density at radius 2 is 1.78 bits per heavy atom. The summed E-state index contributed by atoms with van der Waals surface area (Å²) < 4.78 is 10.7. The Kier molecular flexibility index (Phi) is 4.53. The normalized spacial score (nSPS) is 24.3. The Morgan fingerprint density at radius 3 is 2.44 bits per heavy atom. The van der Waals surface area contributed by atoms with E-state index in [9.17, 15) is 4.79 Å². The maximum absolute atomic E-state index is 12.7. The van der Waals surface area contributed by atoms with Crippen LogP contribution in [0.2, 0.25) is 0 Å². The summed E-state index contributed by atoms with van der Waals surface area (Å²) in [4.78, 5) is 14.9. The van der Waals surface area contributed by atoms with Crippen molar-refractivity contribution in [2.75, 3.05) is 39.5 Å². The molecule has 0 saturated carbocycles. The van der Waals surface area contributed by atoms with Crippen molar-refractivity contribution in [3.8, 4) is 0 Å². The van der Waals surface area contributed by atoms with Gasteiger partial charge in [0.05, 0.1) is 11.6 Å². The minimum absolute atomic E-state index is 0.0591. The third kappa shape index (κ3) is 2.65. The molecule has 1 amide bonds. The number of nitrogens with zero attached hydrogens (tertiary/aromatic N) is 1. The molecule has 2 heterocycles. The highest BCUT2D eigenvalue weighted by molar-refractivity contribution is 7.80. The molecule has 0 spiro atoms. The van der Waals surface area contributed by atoms with E-state index in [1.54, 1.807) is 0 Å².